The summed E-state index contributed by atoms with van der Waals surface area (Å²) in [5.41, 5.74) is 1.87. The normalized spacial score (nSPS) is 17.8. The standard InChI is InChI=1S/C25H27N3O5/c1-27(2)12-13-28-21(16-9-7-11-19(32-3)24(16)33-4)20(23(30)25(28)31)22(29)17-14-26-18-10-6-5-8-15(17)18/h5-11,14,21,26,29H,12-13H2,1-4H3/b22-20+/t21-/m1/s1. The third-order valence-electron chi connectivity index (χ3n) is 5.90. The van der Waals surface area contributed by atoms with Crippen LogP contribution in [0.1, 0.15) is 17.2 Å². The van der Waals surface area contributed by atoms with Crippen LogP contribution >= 0.6 is 0 Å². The Morgan fingerprint density at radius 1 is 1.09 bits per heavy atom. The number of carbonyl (C=O) groups is 2. The van der Waals surface area contributed by atoms with E-state index in [1.54, 1.807) is 24.4 Å². The summed E-state index contributed by atoms with van der Waals surface area (Å²) in [6.07, 6.45) is 1.65. The third-order valence-corrected chi connectivity index (χ3v) is 5.90. The van der Waals surface area contributed by atoms with E-state index >= 15 is 0 Å². The maximum Gasteiger partial charge on any atom is 0.295 e. The molecule has 172 valence electrons. The molecule has 8 heteroatoms. The highest BCUT2D eigenvalue weighted by Crippen LogP contribution is 2.45. The van der Waals surface area contributed by atoms with Crippen LogP contribution in [0, 0.1) is 0 Å². The number of likely N-dealkylation sites (N-methyl/N-ethyl adjacent to an activating group) is 1. The highest BCUT2D eigenvalue weighted by Gasteiger charge is 2.47. The van der Waals surface area contributed by atoms with E-state index in [4.69, 9.17) is 9.47 Å². The second-order valence-corrected chi connectivity index (χ2v) is 8.13. The van der Waals surface area contributed by atoms with E-state index in [0.29, 0.717) is 35.7 Å². The Hall–Kier alpha value is -3.78. The third kappa shape index (κ3) is 3.82. The summed E-state index contributed by atoms with van der Waals surface area (Å²) in [7, 11) is 6.82. The summed E-state index contributed by atoms with van der Waals surface area (Å²) in [5.74, 6) is -0.737. The van der Waals surface area contributed by atoms with E-state index in [9.17, 15) is 14.7 Å². The van der Waals surface area contributed by atoms with Crippen molar-refractivity contribution in [3.8, 4) is 11.5 Å². The van der Waals surface area contributed by atoms with Crippen LogP contribution in [0.2, 0.25) is 0 Å². The molecule has 4 rings (SSSR count). The number of ether oxygens (including phenoxy) is 2. The van der Waals surface area contributed by atoms with Gasteiger partial charge in [0.2, 0.25) is 0 Å². The quantitative estimate of drug-likeness (QED) is 0.327. The Morgan fingerprint density at radius 2 is 1.85 bits per heavy atom. The summed E-state index contributed by atoms with van der Waals surface area (Å²) in [6.45, 7) is 0.843. The summed E-state index contributed by atoms with van der Waals surface area (Å²) >= 11 is 0. The average Bonchev–Trinajstić information content (AvgIpc) is 3.35. The number of aliphatic hydroxyl groups is 1. The number of benzene rings is 2. The topological polar surface area (TPSA) is 95.1 Å². The number of methoxy groups -OCH3 is 2. The van der Waals surface area contributed by atoms with Gasteiger partial charge in [0.05, 0.1) is 25.8 Å². The van der Waals surface area contributed by atoms with Gasteiger partial charge in [0.15, 0.2) is 11.5 Å². The van der Waals surface area contributed by atoms with E-state index in [2.05, 4.69) is 4.98 Å². The summed E-state index contributed by atoms with van der Waals surface area (Å²) in [5, 5.41) is 12.1. The van der Waals surface area contributed by atoms with Crippen molar-refractivity contribution < 1.29 is 24.2 Å². The SMILES string of the molecule is COc1cccc([C@@H]2/C(=C(\O)c3c[nH]c4ccccc34)C(=O)C(=O)N2CCN(C)C)c1OC. The predicted molar refractivity (Wildman–Crippen MR) is 125 cm³/mol. The fraction of sp³-hybridized carbons (Fsp3) is 0.280. The van der Waals surface area contributed by atoms with Gasteiger partial charge in [0, 0.05) is 41.3 Å². The highest BCUT2D eigenvalue weighted by atomic mass is 16.5. The van der Waals surface area contributed by atoms with Crippen LogP contribution in [0.4, 0.5) is 0 Å². The molecule has 8 nitrogen and oxygen atoms in total. The molecule has 2 aromatic carbocycles. The monoisotopic (exact) mass is 449 g/mol. The molecule has 3 aromatic rings. The smallest absolute Gasteiger partial charge is 0.295 e. The Kier molecular flexibility index (Phi) is 6.11. The van der Waals surface area contributed by atoms with Crippen LogP contribution in [0.5, 0.6) is 11.5 Å². The summed E-state index contributed by atoms with van der Waals surface area (Å²) in [6, 6.07) is 11.9. The first-order chi connectivity index (χ1) is 15.9. The van der Waals surface area contributed by atoms with Crippen molar-refractivity contribution in [1.29, 1.82) is 0 Å². The highest BCUT2D eigenvalue weighted by molar-refractivity contribution is 6.46. The lowest BCUT2D eigenvalue weighted by Crippen LogP contribution is -2.35. The van der Waals surface area contributed by atoms with Crippen molar-refractivity contribution in [2.24, 2.45) is 0 Å². The minimum absolute atomic E-state index is 0.0232. The van der Waals surface area contributed by atoms with Crippen LogP contribution in [-0.4, -0.2) is 73.0 Å². The van der Waals surface area contributed by atoms with Gasteiger partial charge >= 0.3 is 0 Å². The first-order valence-electron chi connectivity index (χ1n) is 10.6. The molecule has 1 amide bonds. The van der Waals surface area contributed by atoms with E-state index in [1.807, 2.05) is 43.3 Å². The van der Waals surface area contributed by atoms with Gasteiger partial charge in [-0.1, -0.05) is 30.3 Å². The predicted octanol–water partition coefficient (Wildman–Crippen LogP) is 3.17. The fourth-order valence-electron chi connectivity index (χ4n) is 4.28. The number of Topliss-reactive ketones (excluding diaryl/α,β-unsaturated/α-hetero) is 1. The van der Waals surface area contributed by atoms with Crippen molar-refractivity contribution in [2.75, 3.05) is 41.4 Å². The van der Waals surface area contributed by atoms with Gasteiger partial charge in [0.1, 0.15) is 5.76 Å². The Bertz CT molecular complexity index is 1240. The zero-order chi connectivity index (χ0) is 23.7. The first-order valence-corrected chi connectivity index (χ1v) is 10.6. The van der Waals surface area contributed by atoms with Crippen LogP contribution in [0.25, 0.3) is 16.7 Å². The molecule has 1 aromatic heterocycles. The minimum Gasteiger partial charge on any atom is -0.507 e. The number of likely N-dealkylation sites (tertiary alicyclic amines) is 1. The molecule has 0 radical (unpaired) electrons. The molecular weight excluding hydrogens is 422 g/mol. The molecule has 1 atom stereocenters. The largest absolute Gasteiger partial charge is 0.507 e. The van der Waals surface area contributed by atoms with Crippen LogP contribution in [-0.2, 0) is 9.59 Å². The second kappa shape index (κ2) is 8.99. The Labute approximate surface area is 192 Å². The van der Waals surface area contributed by atoms with Crippen molar-refractivity contribution in [3.05, 3.63) is 65.4 Å². The molecule has 33 heavy (non-hydrogen) atoms. The zero-order valence-electron chi connectivity index (χ0n) is 19.1. The van der Waals surface area contributed by atoms with Crippen LogP contribution < -0.4 is 9.47 Å². The van der Waals surface area contributed by atoms with Gasteiger partial charge in [-0.15, -0.1) is 0 Å². The molecule has 2 N–H and O–H groups in total. The number of para-hydroxylation sites is 2. The lowest BCUT2D eigenvalue weighted by molar-refractivity contribution is -0.140. The average molecular weight is 450 g/mol. The molecule has 0 bridgehead atoms. The lowest BCUT2D eigenvalue weighted by Gasteiger charge is -2.28. The number of nitrogens with zero attached hydrogens (tertiary/aromatic N) is 2. The number of H-pyrrole nitrogens is 1. The lowest BCUT2D eigenvalue weighted by atomic mass is 9.94. The molecule has 0 saturated carbocycles. The fourth-order valence-corrected chi connectivity index (χ4v) is 4.28. The molecular formula is C25H27N3O5. The number of fused-ring (bicyclic) bond motifs is 1. The van der Waals surface area contributed by atoms with E-state index in [0.717, 1.165) is 10.9 Å². The first kappa shape index (κ1) is 22.4. The number of hydrogen-bond acceptors (Lipinski definition) is 6. The number of ketones is 1. The van der Waals surface area contributed by atoms with Crippen molar-refractivity contribution in [2.45, 2.75) is 6.04 Å². The minimum atomic E-state index is -0.830. The van der Waals surface area contributed by atoms with Gasteiger partial charge in [-0.25, -0.2) is 0 Å². The van der Waals surface area contributed by atoms with E-state index in [-0.39, 0.29) is 11.3 Å². The van der Waals surface area contributed by atoms with Crippen molar-refractivity contribution >= 4 is 28.4 Å². The Balaban J connectivity index is 1.96. The number of aromatic amines is 1. The van der Waals surface area contributed by atoms with Gasteiger partial charge in [-0.05, 0) is 26.2 Å². The number of amides is 1. The molecule has 0 unspecified atom stereocenters. The molecule has 1 fully saturated rings. The summed E-state index contributed by atoms with van der Waals surface area (Å²) in [4.78, 5) is 32.9. The van der Waals surface area contributed by atoms with E-state index < -0.39 is 17.7 Å². The number of aromatic nitrogens is 1. The molecule has 0 spiro atoms. The molecule has 2 heterocycles. The molecule has 0 aliphatic carbocycles. The maximum absolute atomic E-state index is 13.3. The summed E-state index contributed by atoms with van der Waals surface area (Å²) < 4.78 is 11.1. The van der Waals surface area contributed by atoms with Gasteiger partial charge in [0.25, 0.3) is 11.7 Å². The maximum atomic E-state index is 13.3. The van der Waals surface area contributed by atoms with Crippen LogP contribution in [0.3, 0.4) is 0 Å². The number of rotatable bonds is 7. The second-order valence-electron chi connectivity index (χ2n) is 8.13. The van der Waals surface area contributed by atoms with Gasteiger partial charge < -0.3 is 29.4 Å². The molecule has 1 saturated heterocycles. The van der Waals surface area contributed by atoms with Gasteiger partial charge in [-0.2, -0.15) is 0 Å². The Morgan fingerprint density at radius 3 is 2.55 bits per heavy atom. The zero-order valence-corrected chi connectivity index (χ0v) is 19.1. The van der Waals surface area contributed by atoms with Gasteiger partial charge in [-0.3, -0.25) is 9.59 Å². The van der Waals surface area contributed by atoms with Crippen molar-refractivity contribution in [3.63, 3.8) is 0 Å². The number of nitrogens with one attached hydrogen (secondary N) is 1. The molecule has 1 aliphatic heterocycles. The number of carbonyl (C=O) groups excluding carboxylic acids is 2. The number of aliphatic hydroxyl groups excluding tert-OH is 1. The molecule has 1 aliphatic rings. The van der Waals surface area contributed by atoms with Crippen molar-refractivity contribution in [1.82, 2.24) is 14.8 Å². The van der Waals surface area contributed by atoms with Crippen LogP contribution in [0.15, 0.2) is 54.2 Å². The van der Waals surface area contributed by atoms with E-state index in [1.165, 1.54) is 19.1 Å². The number of hydrogen-bond donors (Lipinski definition) is 2.